The first kappa shape index (κ1) is 12.4. The summed E-state index contributed by atoms with van der Waals surface area (Å²) in [4.78, 5) is 0. The lowest BCUT2D eigenvalue weighted by Crippen LogP contribution is -2.39. The second-order valence-corrected chi connectivity index (χ2v) is 5.97. The van der Waals surface area contributed by atoms with Crippen molar-refractivity contribution in [2.24, 2.45) is 23.6 Å². The maximum atomic E-state index is 13.1. The summed E-state index contributed by atoms with van der Waals surface area (Å²) in [6.07, 6.45) is 4.88. The van der Waals surface area contributed by atoms with Crippen molar-refractivity contribution in [1.29, 1.82) is 0 Å². The third-order valence-electron chi connectivity index (χ3n) is 4.59. The monoisotopic (exact) mass is 268 g/mol. The molecule has 0 amide bonds. The van der Waals surface area contributed by atoms with E-state index in [0.717, 1.165) is 23.8 Å². The van der Waals surface area contributed by atoms with E-state index in [2.05, 4.69) is 5.43 Å². The molecule has 2 fully saturated rings. The minimum absolute atomic E-state index is 0.194. The largest absolute Gasteiger partial charge is 0.271 e. The second kappa shape index (κ2) is 4.80. The van der Waals surface area contributed by atoms with Crippen LogP contribution >= 0.6 is 11.6 Å². The summed E-state index contributed by atoms with van der Waals surface area (Å²) in [6, 6.07) is 5.23. The number of halogens is 2. The maximum Gasteiger partial charge on any atom is 0.141 e. The lowest BCUT2D eigenvalue weighted by molar-refractivity contribution is 0.410. The van der Waals surface area contributed by atoms with Crippen LogP contribution in [0.4, 0.5) is 4.39 Å². The van der Waals surface area contributed by atoms with E-state index in [4.69, 9.17) is 17.4 Å². The highest BCUT2D eigenvalue weighted by molar-refractivity contribution is 6.30. The van der Waals surface area contributed by atoms with Crippen LogP contribution in [0.1, 0.15) is 24.8 Å². The number of nitrogens with two attached hydrogens (primary N) is 1. The molecule has 2 saturated carbocycles. The van der Waals surface area contributed by atoms with Crippen molar-refractivity contribution in [3.8, 4) is 0 Å². The normalized spacial score (nSPS) is 31.2. The molecule has 98 valence electrons. The Morgan fingerprint density at radius 2 is 2.11 bits per heavy atom. The third kappa shape index (κ3) is 2.15. The third-order valence-corrected chi connectivity index (χ3v) is 4.88. The van der Waals surface area contributed by atoms with Gasteiger partial charge in [0.05, 0.1) is 5.02 Å². The highest BCUT2D eigenvalue weighted by Gasteiger charge is 2.55. The molecule has 0 aromatic heterocycles. The minimum Gasteiger partial charge on any atom is -0.271 e. The molecule has 2 aliphatic carbocycles. The Labute approximate surface area is 112 Å². The molecular weight excluding hydrogens is 251 g/mol. The number of hydrazine groups is 1. The van der Waals surface area contributed by atoms with Crippen LogP contribution in [-0.4, -0.2) is 6.04 Å². The Balaban J connectivity index is 1.68. The summed E-state index contributed by atoms with van der Waals surface area (Å²) in [5, 5.41) is 0.194. The molecular formula is C14H18ClFN2. The van der Waals surface area contributed by atoms with Crippen LogP contribution in [0.25, 0.3) is 0 Å². The molecule has 1 aromatic carbocycles. The summed E-state index contributed by atoms with van der Waals surface area (Å²) >= 11 is 5.80. The lowest BCUT2D eigenvalue weighted by Gasteiger charge is -2.18. The first-order valence-corrected chi connectivity index (χ1v) is 6.98. The predicted octanol–water partition coefficient (Wildman–Crippen LogP) is 2.90. The van der Waals surface area contributed by atoms with E-state index in [1.807, 2.05) is 0 Å². The number of rotatable bonds is 4. The Morgan fingerprint density at radius 3 is 2.72 bits per heavy atom. The number of nitrogens with one attached hydrogen (secondary N) is 1. The zero-order valence-corrected chi connectivity index (χ0v) is 11.0. The van der Waals surface area contributed by atoms with Crippen molar-refractivity contribution in [3.63, 3.8) is 0 Å². The zero-order valence-electron chi connectivity index (χ0n) is 10.2. The Morgan fingerprint density at radius 1 is 1.39 bits per heavy atom. The number of benzene rings is 1. The minimum atomic E-state index is -0.360. The van der Waals surface area contributed by atoms with Crippen molar-refractivity contribution in [1.82, 2.24) is 5.43 Å². The molecule has 0 heterocycles. The van der Waals surface area contributed by atoms with Crippen molar-refractivity contribution >= 4 is 11.6 Å². The first-order chi connectivity index (χ1) is 8.70. The fourth-order valence-corrected chi connectivity index (χ4v) is 3.90. The van der Waals surface area contributed by atoms with Gasteiger partial charge in [0, 0.05) is 6.04 Å². The number of hydrogen-bond acceptors (Lipinski definition) is 2. The van der Waals surface area contributed by atoms with Gasteiger partial charge in [-0.25, -0.2) is 4.39 Å². The molecule has 3 atom stereocenters. The van der Waals surface area contributed by atoms with Crippen LogP contribution < -0.4 is 11.3 Å². The summed E-state index contributed by atoms with van der Waals surface area (Å²) in [7, 11) is 0. The standard InChI is InChI=1S/C14H18ClFN2/c15-11-6-8(4-5-12(11)16)7-13(18-17)14-9-2-1-3-10(9)14/h4-6,9-10,13-14,18H,1-3,7,17H2. The SMILES string of the molecule is NNC(Cc1ccc(F)c(Cl)c1)C1C2CCCC21. The van der Waals surface area contributed by atoms with Gasteiger partial charge in [-0.3, -0.25) is 11.3 Å². The van der Waals surface area contributed by atoms with Crippen molar-refractivity contribution in [3.05, 3.63) is 34.6 Å². The Kier molecular flexibility index (Phi) is 3.31. The highest BCUT2D eigenvalue weighted by Crippen LogP contribution is 2.59. The van der Waals surface area contributed by atoms with E-state index in [-0.39, 0.29) is 10.8 Å². The van der Waals surface area contributed by atoms with E-state index in [1.54, 1.807) is 12.1 Å². The fraction of sp³-hybridized carbons (Fsp3) is 0.571. The van der Waals surface area contributed by atoms with Gasteiger partial charge in [0.15, 0.2) is 0 Å². The molecule has 3 N–H and O–H groups in total. The summed E-state index contributed by atoms with van der Waals surface area (Å²) in [6.45, 7) is 0. The maximum absolute atomic E-state index is 13.1. The molecule has 0 aliphatic heterocycles. The highest BCUT2D eigenvalue weighted by atomic mass is 35.5. The lowest BCUT2D eigenvalue weighted by atomic mass is 9.98. The van der Waals surface area contributed by atoms with Crippen LogP contribution in [0.3, 0.4) is 0 Å². The number of hydrogen-bond donors (Lipinski definition) is 2. The molecule has 18 heavy (non-hydrogen) atoms. The molecule has 0 radical (unpaired) electrons. The average molecular weight is 269 g/mol. The van der Waals surface area contributed by atoms with Crippen molar-refractivity contribution in [2.75, 3.05) is 0 Å². The van der Waals surface area contributed by atoms with E-state index < -0.39 is 0 Å². The van der Waals surface area contributed by atoms with Gasteiger partial charge in [-0.15, -0.1) is 0 Å². The Hall–Kier alpha value is -0.640. The van der Waals surface area contributed by atoms with Crippen LogP contribution in [0.15, 0.2) is 18.2 Å². The van der Waals surface area contributed by atoms with E-state index >= 15 is 0 Å². The van der Waals surface area contributed by atoms with E-state index in [0.29, 0.717) is 12.0 Å². The van der Waals surface area contributed by atoms with Gasteiger partial charge < -0.3 is 0 Å². The predicted molar refractivity (Wildman–Crippen MR) is 70.5 cm³/mol. The average Bonchev–Trinajstić information content (AvgIpc) is 2.83. The van der Waals surface area contributed by atoms with Gasteiger partial charge >= 0.3 is 0 Å². The second-order valence-electron chi connectivity index (χ2n) is 5.56. The van der Waals surface area contributed by atoms with E-state index in [1.165, 1.54) is 25.3 Å². The van der Waals surface area contributed by atoms with Gasteiger partial charge in [-0.05, 0) is 54.7 Å². The quantitative estimate of drug-likeness (QED) is 0.651. The summed E-state index contributed by atoms with van der Waals surface area (Å²) in [5.41, 5.74) is 3.99. The smallest absolute Gasteiger partial charge is 0.141 e. The van der Waals surface area contributed by atoms with Crippen LogP contribution in [0, 0.1) is 23.6 Å². The topological polar surface area (TPSA) is 38.0 Å². The van der Waals surface area contributed by atoms with Gasteiger partial charge in [-0.2, -0.15) is 0 Å². The van der Waals surface area contributed by atoms with E-state index in [9.17, 15) is 4.39 Å². The molecule has 3 rings (SSSR count). The van der Waals surface area contributed by atoms with Gasteiger partial charge in [-0.1, -0.05) is 24.1 Å². The zero-order chi connectivity index (χ0) is 12.7. The van der Waals surface area contributed by atoms with Crippen LogP contribution in [0.5, 0.6) is 0 Å². The van der Waals surface area contributed by atoms with Crippen molar-refractivity contribution < 1.29 is 4.39 Å². The van der Waals surface area contributed by atoms with Gasteiger partial charge in [0.25, 0.3) is 0 Å². The molecule has 4 heteroatoms. The molecule has 0 spiro atoms. The molecule has 2 aliphatic rings. The Bertz CT molecular complexity index is 441. The molecule has 3 unspecified atom stereocenters. The molecule has 1 aromatic rings. The molecule has 2 nitrogen and oxygen atoms in total. The molecule has 0 saturated heterocycles. The summed E-state index contributed by atoms with van der Waals surface area (Å²) in [5.74, 6) is 7.74. The van der Waals surface area contributed by atoms with Gasteiger partial charge in [0.2, 0.25) is 0 Å². The van der Waals surface area contributed by atoms with Gasteiger partial charge in [0.1, 0.15) is 5.82 Å². The summed E-state index contributed by atoms with van der Waals surface area (Å²) < 4.78 is 13.1. The van der Waals surface area contributed by atoms with Crippen LogP contribution in [0.2, 0.25) is 5.02 Å². The first-order valence-electron chi connectivity index (χ1n) is 6.60. The van der Waals surface area contributed by atoms with Crippen LogP contribution in [-0.2, 0) is 6.42 Å². The number of fused-ring (bicyclic) bond motifs is 1. The van der Waals surface area contributed by atoms with Crippen molar-refractivity contribution in [2.45, 2.75) is 31.7 Å². The fourth-order valence-electron chi connectivity index (χ4n) is 3.70. The molecule has 0 bridgehead atoms.